The number of nitrogens with one attached hydrogen (secondary N) is 1. The van der Waals surface area contributed by atoms with Crippen LogP contribution in [-0.4, -0.2) is 11.9 Å². The number of anilines is 2. The Morgan fingerprint density at radius 1 is 0.970 bits per heavy atom. The second kappa shape index (κ2) is 9.49. The quantitative estimate of drug-likeness (QED) is 0.335. The van der Waals surface area contributed by atoms with Crippen molar-refractivity contribution >= 4 is 39.9 Å². The first-order valence-corrected chi connectivity index (χ1v) is 12.8. The van der Waals surface area contributed by atoms with E-state index in [1.165, 1.54) is 14.7 Å². The van der Waals surface area contributed by atoms with Crippen LogP contribution >= 0.6 is 22.6 Å². The number of nitrogens with zero attached hydrogens (tertiary/aromatic N) is 1. The van der Waals surface area contributed by atoms with E-state index in [4.69, 9.17) is 0 Å². The van der Waals surface area contributed by atoms with E-state index in [0.29, 0.717) is 0 Å². The van der Waals surface area contributed by atoms with Crippen molar-refractivity contribution in [3.63, 3.8) is 0 Å². The van der Waals surface area contributed by atoms with Crippen molar-refractivity contribution in [2.45, 2.75) is 58.5 Å². The van der Waals surface area contributed by atoms with E-state index >= 15 is 0 Å². The lowest BCUT2D eigenvalue weighted by Gasteiger charge is -2.45. The zero-order valence-electron chi connectivity index (χ0n) is 20.1. The maximum Gasteiger partial charge on any atom is 0.258 e. The highest BCUT2D eigenvalue weighted by molar-refractivity contribution is 14.1. The fraction of sp³-hybridized carbons (Fsp3) is 0.345. The van der Waals surface area contributed by atoms with Crippen molar-refractivity contribution in [2.75, 3.05) is 10.2 Å². The molecule has 172 valence electrons. The monoisotopic (exact) mass is 552 g/mol. The minimum Gasteiger partial charge on any atom is -0.378 e. The van der Waals surface area contributed by atoms with Crippen LogP contribution in [0.5, 0.6) is 0 Å². The highest BCUT2D eigenvalue weighted by Crippen LogP contribution is 2.44. The SMILES string of the molecule is CCC1C(C)C(Nc2ccc(I)cc2)c2ccccc2N1C(=O)c1ccc(C(C)(C)C)cc1. The molecule has 0 fully saturated rings. The zero-order chi connectivity index (χ0) is 23.8. The number of rotatable bonds is 4. The lowest BCUT2D eigenvalue weighted by molar-refractivity contribution is 0.0960. The number of benzene rings is 3. The van der Waals surface area contributed by atoms with Crippen LogP contribution in [0.2, 0.25) is 0 Å². The first-order valence-electron chi connectivity index (χ1n) is 11.8. The molecule has 0 spiro atoms. The summed E-state index contributed by atoms with van der Waals surface area (Å²) in [6.45, 7) is 11.0. The van der Waals surface area contributed by atoms with Gasteiger partial charge in [-0.05, 0) is 88.0 Å². The molecule has 1 heterocycles. The van der Waals surface area contributed by atoms with Gasteiger partial charge in [-0.3, -0.25) is 4.79 Å². The van der Waals surface area contributed by atoms with Gasteiger partial charge in [-0.15, -0.1) is 0 Å². The molecule has 0 saturated carbocycles. The van der Waals surface area contributed by atoms with Gasteiger partial charge in [0.2, 0.25) is 0 Å². The van der Waals surface area contributed by atoms with Gasteiger partial charge in [0.25, 0.3) is 5.91 Å². The van der Waals surface area contributed by atoms with Crippen LogP contribution in [0.15, 0.2) is 72.8 Å². The number of amides is 1. The van der Waals surface area contributed by atoms with Crippen LogP contribution in [0, 0.1) is 9.49 Å². The normalized spacial score (nSPS) is 20.3. The van der Waals surface area contributed by atoms with Crippen molar-refractivity contribution < 1.29 is 4.79 Å². The highest BCUT2D eigenvalue weighted by atomic mass is 127. The summed E-state index contributed by atoms with van der Waals surface area (Å²) in [4.78, 5) is 15.9. The molecule has 3 aromatic carbocycles. The van der Waals surface area contributed by atoms with E-state index < -0.39 is 0 Å². The molecule has 0 aliphatic carbocycles. The standard InChI is InChI=1S/C29H33IN2O/c1-6-25-19(2)27(31-23-17-15-22(30)16-18-23)24-9-7-8-10-26(24)32(25)28(33)20-11-13-21(14-12-20)29(3,4)5/h7-19,25,27,31H,6H2,1-5H3. The van der Waals surface area contributed by atoms with Crippen LogP contribution in [0.1, 0.15) is 68.6 Å². The third-order valence-electron chi connectivity index (χ3n) is 6.80. The number of carbonyl (C=O) groups excluding carboxylic acids is 1. The first-order chi connectivity index (χ1) is 15.7. The minimum absolute atomic E-state index is 0.0637. The largest absolute Gasteiger partial charge is 0.378 e. The molecule has 3 nitrogen and oxygen atoms in total. The maximum absolute atomic E-state index is 13.8. The molecule has 0 aromatic heterocycles. The molecule has 1 aliphatic heterocycles. The summed E-state index contributed by atoms with van der Waals surface area (Å²) in [7, 11) is 0. The molecule has 0 bridgehead atoms. The Hall–Kier alpha value is -2.34. The Morgan fingerprint density at radius 2 is 1.61 bits per heavy atom. The zero-order valence-corrected chi connectivity index (χ0v) is 22.3. The van der Waals surface area contributed by atoms with Crippen molar-refractivity contribution in [2.24, 2.45) is 5.92 Å². The van der Waals surface area contributed by atoms with Crippen molar-refractivity contribution in [1.82, 2.24) is 0 Å². The minimum atomic E-state index is 0.0637. The summed E-state index contributed by atoms with van der Waals surface area (Å²) < 4.78 is 1.22. The second-order valence-corrected chi connectivity index (χ2v) is 11.3. The molecule has 3 atom stereocenters. The molecule has 0 saturated heterocycles. The summed E-state index contributed by atoms with van der Waals surface area (Å²) in [5.74, 6) is 0.330. The number of carbonyl (C=O) groups is 1. The van der Waals surface area contributed by atoms with E-state index in [9.17, 15) is 4.79 Å². The third kappa shape index (κ3) is 4.81. The number of fused-ring (bicyclic) bond motifs is 1. The summed E-state index contributed by atoms with van der Waals surface area (Å²) in [5.41, 5.74) is 5.33. The maximum atomic E-state index is 13.8. The van der Waals surface area contributed by atoms with Gasteiger partial charge >= 0.3 is 0 Å². The topological polar surface area (TPSA) is 32.3 Å². The Kier molecular flexibility index (Phi) is 6.85. The van der Waals surface area contributed by atoms with E-state index in [1.54, 1.807) is 0 Å². The molecule has 4 rings (SSSR count). The van der Waals surface area contributed by atoms with Gasteiger partial charge in [0.15, 0.2) is 0 Å². The van der Waals surface area contributed by atoms with Gasteiger partial charge in [0.05, 0.1) is 6.04 Å². The average molecular weight is 553 g/mol. The molecule has 3 aromatic rings. The summed E-state index contributed by atoms with van der Waals surface area (Å²) in [6, 6.07) is 25.3. The van der Waals surface area contributed by atoms with Crippen LogP contribution < -0.4 is 10.2 Å². The second-order valence-electron chi connectivity index (χ2n) is 10.0. The van der Waals surface area contributed by atoms with E-state index in [0.717, 1.165) is 23.4 Å². The summed E-state index contributed by atoms with van der Waals surface area (Å²) >= 11 is 2.33. The molecule has 1 aliphatic rings. The fourth-order valence-electron chi connectivity index (χ4n) is 4.89. The average Bonchev–Trinajstić information content (AvgIpc) is 2.81. The number of hydrogen-bond donors (Lipinski definition) is 1. The van der Waals surface area contributed by atoms with Crippen molar-refractivity contribution in [3.8, 4) is 0 Å². The number of halogens is 1. The van der Waals surface area contributed by atoms with Crippen LogP contribution in [0.25, 0.3) is 0 Å². The molecule has 33 heavy (non-hydrogen) atoms. The summed E-state index contributed by atoms with van der Waals surface area (Å²) in [5, 5.41) is 3.76. The molecule has 3 unspecified atom stereocenters. The predicted molar refractivity (Wildman–Crippen MR) is 147 cm³/mol. The van der Waals surface area contributed by atoms with Gasteiger partial charge in [-0.2, -0.15) is 0 Å². The smallest absolute Gasteiger partial charge is 0.258 e. The number of para-hydroxylation sites is 1. The fourth-order valence-corrected chi connectivity index (χ4v) is 5.25. The van der Waals surface area contributed by atoms with E-state index in [1.807, 2.05) is 23.1 Å². The predicted octanol–water partition coefficient (Wildman–Crippen LogP) is 7.82. The van der Waals surface area contributed by atoms with Crippen molar-refractivity contribution in [1.29, 1.82) is 0 Å². The van der Waals surface area contributed by atoms with E-state index in [-0.39, 0.29) is 29.3 Å². The molecular formula is C29H33IN2O. The van der Waals surface area contributed by atoms with Gasteiger partial charge in [-0.1, -0.05) is 65.0 Å². The van der Waals surface area contributed by atoms with E-state index in [2.05, 4.69) is 117 Å². The third-order valence-corrected chi connectivity index (χ3v) is 7.52. The molecular weight excluding hydrogens is 519 g/mol. The molecule has 0 radical (unpaired) electrons. The van der Waals surface area contributed by atoms with Gasteiger partial charge in [0.1, 0.15) is 0 Å². The highest BCUT2D eigenvalue weighted by Gasteiger charge is 2.40. The molecule has 1 amide bonds. The van der Waals surface area contributed by atoms with Crippen LogP contribution in [-0.2, 0) is 5.41 Å². The van der Waals surface area contributed by atoms with Crippen molar-refractivity contribution in [3.05, 3.63) is 93.1 Å². The Bertz CT molecular complexity index is 1120. The lowest BCUT2D eigenvalue weighted by Crippen LogP contribution is -2.50. The number of hydrogen-bond acceptors (Lipinski definition) is 2. The Balaban J connectivity index is 1.72. The van der Waals surface area contributed by atoms with Crippen LogP contribution in [0.4, 0.5) is 11.4 Å². The molecule has 4 heteroatoms. The summed E-state index contributed by atoms with van der Waals surface area (Å²) in [6.07, 6.45) is 0.895. The molecule has 1 N–H and O–H groups in total. The Morgan fingerprint density at radius 3 is 2.21 bits per heavy atom. The van der Waals surface area contributed by atoms with Gasteiger partial charge < -0.3 is 10.2 Å². The van der Waals surface area contributed by atoms with Gasteiger partial charge in [0, 0.05) is 32.5 Å². The first kappa shape index (κ1) is 23.8. The van der Waals surface area contributed by atoms with Gasteiger partial charge in [-0.25, -0.2) is 0 Å². The Labute approximate surface area is 211 Å². The lowest BCUT2D eigenvalue weighted by atomic mass is 9.80. The van der Waals surface area contributed by atoms with Crippen LogP contribution in [0.3, 0.4) is 0 Å².